The number of hydrogen-bond acceptors (Lipinski definition) is 4. The summed E-state index contributed by atoms with van der Waals surface area (Å²) in [5.41, 5.74) is 0.0451. The van der Waals surface area contributed by atoms with Crippen molar-refractivity contribution in [2.75, 3.05) is 13.4 Å². The van der Waals surface area contributed by atoms with Crippen molar-refractivity contribution in [3.63, 3.8) is 0 Å². The molecule has 0 unspecified atom stereocenters. The van der Waals surface area contributed by atoms with Crippen molar-refractivity contribution in [2.45, 2.75) is 11.3 Å². The van der Waals surface area contributed by atoms with E-state index in [0.29, 0.717) is 0 Å². The lowest BCUT2D eigenvalue weighted by Gasteiger charge is -2.09. The molecule has 0 radical (unpaired) electrons. The number of sulfone groups is 1. The molecular weight excluding hydrogens is 233 g/mol. The normalized spacial score (nSPS) is 10.9. The average molecular weight is 243 g/mol. The molecule has 0 amide bonds. The van der Waals surface area contributed by atoms with Gasteiger partial charge in [-0.15, -0.1) is 0 Å². The lowest BCUT2D eigenvalue weighted by molar-refractivity contribution is 0.394. The fourth-order valence-corrected chi connectivity index (χ4v) is 2.28. The van der Waals surface area contributed by atoms with Crippen LogP contribution < -0.4 is 4.74 Å². The average Bonchev–Trinajstić information content (AvgIpc) is 2.19. The molecule has 0 atom stereocenters. The molecule has 0 aliphatic rings. The van der Waals surface area contributed by atoms with Gasteiger partial charge in [0, 0.05) is 11.8 Å². The third-order valence-electron chi connectivity index (χ3n) is 2.00. The monoisotopic (exact) mass is 243 g/mol. The first kappa shape index (κ1) is 12.5. The summed E-state index contributed by atoms with van der Waals surface area (Å²) < 4.78 is 41.4. The van der Waals surface area contributed by atoms with Gasteiger partial charge in [0.15, 0.2) is 9.84 Å². The van der Waals surface area contributed by atoms with Gasteiger partial charge < -0.3 is 4.74 Å². The number of benzene rings is 1. The van der Waals surface area contributed by atoms with E-state index in [9.17, 15) is 12.8 Å². The number of rotatable bonds is 3. The number of halogens is 1. The second kappa shape index (κ2) is 4.49. The van der Waals surface area contributed by atoms with E-state index in [0.717, 1.165) is 6.26 Å². The lowest BCUT2D eigenvalue weighted by Crippen LogP contribution is -2.06. The van der Waals surface area contributed by atoms with Gasteiger partial charge in [0.05, 0.1) is 19.6 Å². The van der Waals surface area contributed by atoms with Crippen molar-refractivity contribution in [1.82, 2.24) is 0 Å². The maximum Gasteiger partial charge on any atom is 0.182 e. The number of methoxy groups -OCH3 is 1. The lowest BCUT2D eigenvalue weighted by atomic mass is 10.1. The van der Waals surface area contributed by atoms with E-state index in [2.05, 4.69) is 0 Å². The van der Waals surface area contributed by atoms with Gasteiger partial charge in [-0.1, -0.05) is 6.07 Å². The Morgan fingerprint density at radius 2 is 2.12 bits per heavy atom. The van der Waals surface area contributed by atoms with Crippen molar-refractivity contribution in [1.29, 1.82) is 5.26 Å². The Morgan fingerprint density at radius 1 is 1.50 bits per heavy atom. The van der Waals surface area contributed by atoms with E-state index < -0.39 is 20.5 Å². The number of nitriles is 1. The molecule has 0 bridgehead atoms. The summed E-state index contributed by atoms with van der Waals surface area (Å²) in [5, 5.41) is 8.47. The van der Waals surface area contributed by atoms with Crippen molar-refractivity contribution >= 4 is 9.84 Å². The highest BCUT2D eigenvalue weighted by Gasteiger charge is 2.22. The molecule has 16 heavy (non-hydrogen) atoms. The molecule has 4 nitrogen and oxygen atoms in total. The van der Waals surface area contributed by atoms with Crippen molar-refractivity contribution < 1.29 is 17.5 Å². The molecular formula is C10H10FNO3S. The van der Waals surface area contributed by atoms with Gasteiger partial charge in [-0.3, -0.25) is 0 Å². The highest BCUT2D eigenvalue weighted by molar-refractivity contribution is 7.90. The molecule has 0 heterocycles. The van der Waals surface area contributed by atoms with Crippen LogP contribution in [-0.4, -0.2) is 21.8 Å². The van der Waals surface area contributed by atoms with Crippen molar-refractivity contribution in [3.8, 4) is 11.8 Å². The minimum Gasteiger partial charge on any atom is -0.495 e. The Labute approximate surface area is 93.2 Å². The summed E-state index contributed by atoms with van der Waals surface area (Å²) in [4.78, 5) is -0.497. The second-order valence-corrected chi connectivity index (χ2v) is 5.13. The van der Waals surface area contributed by atoms with Crippen LogP contribution in [0.2, 0.25) is 0 Å². The molecule has 0 aromatic heterocycles. The molecule has 0 aliphatic carbocycles. The molecule has 0 aliphatic heterocycles. The van der Waals surface area contributed by atoms with Gasteiger partial charge in [-0.25, -0.2) is 12.8 Å². The quantitative estimate of drug-likeness (QED) is 0.802. The summed E-state index contributed by atoms with van der Waals surface area (Å²) in [6.07, 6.45) is 0.711. The smallest absolute Gasteiger partial charge is 0.182 e. The van der Waals surface area contributed by atoms with Crippen LogP contribution in [0.3, 0.4) is 0 Å². The maximum atomic E-state index is 13.8. The van der Waals surface area contributed by atoms with E-state index in [1.54, 1.807) is 6.07 Å². The molecule has 1 rings (SSSR count). The zero-order chi connectivity index (χ0) is 12.3. The van der Waals surface area contributed by atoms with E-state index in [-0.39, 0.29) is 17.7 Å². The van der Waals surface area contributed by atoms with Crippen LogP contribution >= 0.6 is 0 Å². The van der Waals surface area contributed by atoms with Crippen LogP contribution in [0, 0.1) is 17.1 Å². The number of nitrogens with zero attached hydrogens (tertiary/aromatic N) is 1. The Balaban J connectivity index is 3.55. The molecule has 1 aromatic rings. The van der Waals surface area contributed by atoms with E-state index in [1.165, 1.54) is 19.2 Å². The summed E-state index contributed by atoms with van der Waals surface area (Å²) in [6.45, 7) is 0. The van der Waals surface area contributed by atoms with Crippen LogP contribution in [0.25, 0.3) is 0 Å². The highest BCUT2D eigenvalue weighted by atomic mass is 32.2. The minimum absolute atomic E-state index is 0.0451. The summed E-state index contributed by atoms with van der Waals surface area (Å²) >= 11 is 0. The Morgan fingerprint density at radius 3 is 2.56 bits per heavy atom. The maximum absolute atomic E-state index is 13.8. The SMILES string of the molecule is COc1ccc(CC#N)c(F)c1S(C)(=O)=O. The van der Waals surface area contributed by atoms with Gasteiger partial charge in [0.1, 0.15) is 16.5 Å². The van der Waals surface area contributed by atoms with E-state index in [4.69, 9.17) is 10.00 Å². The Kier molecular flexibility index (Phi) is 3.50. The topological polar surface area (TPSA) is 67.2 Å². The van der Waals surface area contributed by atoms with E-state index in [1.807, 2.05) is 0 Å². The first-order valence-corrected chi connectivity index (χ1v) is 6.23. The number of hydrogen-bond donors (Lipinski definition) is 0. The van der Waals surface area contributed by atoms with Crippen LogP contribution in [0.5, 0.6) is 5.75 Å². The molecule has 0 N–H and O–H groups in total. The third kappa shape index (κ3) is 2.31. The molecule has 0 saturated heterocycles. The van der Waals surface area contributed by atoms with Crippen LogP contribution in [0.15, 0.2) is 17.0 Å². The molecule has 0 spiro atoms. The first-order chi connectivity index (χ1) is 7.41. The molecule has 6 heteroatoms. The fraction of sp³-hybridized carbons (Fsp3) is 0.300. The Bertz CT molecular complexity index is 546. The molecule has 1 aromatic carbocycles. The number of ether oxygens (including phenoxy) is 1. The first-order valence-electron chi connectivity index (χ1n) is 4.34. The predicted octanol–water partition coefficient (Wildman–Crippen LogP) is 1.30. The van der Waals surface area contributed by atoms with Gasteiger partial charge >= 0.3 is 0 Å². The van der Waals surface area contributed by atoms with Gasteiger partial charge in [-0.2, -0.15) is 5.26 Å². The standard InChI is InChI=1S/C10H10FNO3S/c1-15-8-4-3-7(5-6-12)9(11)10(8)16(2,13)14/h3-4H,5H2,1-2H3. The largest absolute Gasteiger partial charge is 0.495 e. The van der Waals surface area contributed by atoms with Gasteiger partial charge in [0.25, 0.3) is 0 Å². The third-order valence-corrected chi connectivity index (χ3v) is 3.12. The van der Waals surface area contributed by atoms with Crippen LogP contribution in [0.4, 0.5) is 4.39 Å². The zero-order valence-electron chi connectivity index (χ0n) is 8.82. The van der Waals surface area contributed by atoms with Gasteiger partial charge in [-0.05, 0) is 6.07 Å². The van der Waals surface area contributed by atoms with E-state index >= 15 is 0 Å². The van der Waals surface area contributed by atoms with Crippen molar-refractivity contribution in [3.05, 3.63) is 23.5 Å². The molecule has 0 fully saturated rings. The highest BCUT2D eigenvalue weighted by Crippen LogP contribution is 2.28. The summed E-state index contributed by atoms with van der Waals surface area (Å²) in [5.74, 6) is -0.968. The predicted molar refractivity (Wildman–Crippen MR) is 55.4 cm³/mol. The Hall–Kier alpha value is -1.61. The minimum atomic E-state index is -3.73. The molecule has 86 valence electrons. The fourth-order valence-electron chi connectivity index (χ4n) is 1.31. The zero-order valence-corrected chi connectivity index (χ0v) is 9.64. The van der Waals surface area contributed by atoms with Crippen LogP contribution in [-0.2, 0) is 16.3 Å². The van der Waals surface area contributed by atoms with Gasteiger partial charge in [0.2, 0.25) is 0 Å². The van der Waals surface area contributed by atoms with Crippen LogP contribution in [0.1, 0.15) is 5.56 Å². The van der Waals surface area contributed by atoms with Crippen molar-refractivity contribution in [2.24, 2.45) is 0 Å². The summed E-state index contributed by atoms with van der Waals surface area (Å²) in [7, 11) is -2.47. The second-order valence-electron chi connectivity index (χ2n) is 3.18. The molecule has 0 saturated carbocycles. The summed E-state index contributed by atoms with van der Waals surface area (Å²) in [6, 6.07) is 4.44.